The number of anilines is 4. The number of carbonyl (C=O) groups excluding carboxylic acids is 1. The summed E-state index contributed by atoms with van der Waals surface area (Å²) in [4.78, 5) is 15.3. The van der Waals surface area contributed by atoms with Gasteiger partial charge in [0.2, 0.25) is 15.9 Å². The summed E-state index contributed by atoms with van der Waals surface area (Å²) in [6.07, 6.45) is 1.28. The topological polar surface area (TPSA) is 100 Å². The van der Waals surface area contributed by atoms with Gasteiger partial charge in [0.25, 0.3) is 0 Å². The molecule has 0 atom stereocenters. The van der Waals surface area contributed by atoms with Crippen LogP contribution in [0.15, 0.2) is 36.5 Å². The molecule has 0 bridgehead atoms. The predicted molar refractivity (Wildman–Crippen MR) is 121 cm³/mol. The van der Waals surface area contributed by atoms with Crippen molar-refractivity contribution < 1.29 is 26.4 Å². The van der Waals surface area contributed by atoms with Crippen molar-refractivity contribution >= 4 is 72.1 Å². The van der Waals surface area contributed by atoms with E-state index in [-0.39, 0.29) is 22.4 Å². The van der Waals surface area contributed by atoms with Gasteiger partial charge in [0.05, 0.1) is 11.4 Å². The number of carbonyl (C=O) groups is 1. The molecule has 2 aromatic carbocycles. The van der Waals surface area contributed by atoms with E-state index in [1.165, 1.54) is 25.3 Å². The highest BCUT2D eigenvalue weighted by molar-refractivity contribution is 14.1. The first kappa shape index (κ1) is 23.3. The van der Waals surface area contributed by atoms with Gasteiger partial charge in [-0.1, -0.05) is 0 Å². The number of hydrogen-bond acceptors (Lipinski definition) is 6. The minimum Gasteiger partial charge on any atom is -0.349 e. The van der Waals surface area contributed by atoms with Crippen LogP contribution in [-0.2, 0) is 20.6 Å². The summed E-state index contributed by atoms with van der Waals surface area (Å²) < 4.78 is 70.3. The van der Waals surface area contributed by atoms with Crippen LogP contribution in [0.3, 0.4) is 0 Å². The van der Waals surface area contributed by atoms with Crippen molar-refractivity contribution in [3.8, 4) is 0 Å². The second kappa shape index (κ2) is 9.40. The predicted octanol–water partition coefficient (Wildman–Crippen LogP) is 4.81. The number of aromatic nitrogens is 1. The van der Waals surface area contributed by atoms with Gasteiger partial charge in [0.15, 0.2) is 16.8 Å². The lowest BCUT2D eigenvalue weighted by Crippen LogP contribution is -2.16. The number of hydrogen-bond donors (Lipinski definition) is 3. The standard InChI is InChI=1S/C18H14F3IN4O3S2/c1-9(27)24-18-23-7-11(30-18)8-31(28,29)26-15-5-3-12(19)16(21)17(15)25-14-4-2-10(22)6-13(14)20/h2-7,25-26H,8H2,1H3,(H,23,24,27). The van der Waals surface area contributed by atoms with Crippen LogP contribution < -0.4 is 15.4 Å². The number of sulfonamides is 1. The number of nitrogens with one attached hydrogen (secondary N) is 3. The van der Waals surface area contributed by atoms with E-state index in [0.29, 0.717) is 8.45 Å². The van der Waals surface area contributed by atoms with Crippen molar-refractivity contribution in [3.63, 3.8) is 0 Å². The molecular formula is C18H14F3IN4O3S2. The van der Waals surface area contributed by atoms with Gasteiger partial charge in [-0.05, 0) is 52.9 Å². The monoisotopic (exact) mass is 582 g/mol. The number of nitrogens with zero attached hydrogens (tertiary/aromatic N) is 1. The van der Waals surface area contributed by atoms with Crippen molar-refractivity contribution in [2.24, 2.45) is 0 Å². The average Bonchev–Trinajstić information content (AvgIpc) is 3.08. The zero-order valence-electron chi connectivity index (χ0n) is 15.7. The Morgan fingerprint density at radius 1 is 1.13 bits per heavy atom. The first-order chi connectivity index (χ1) is 14.5. The van der Waals surface area contributed by atoms with Crippen LogP contribution in [0.5, 0.6) is 0 Å². The van der Waals surface area contributed by atoms with Crippen molar-refractivity contribution in [2.45, 2.75) is 12.7 Å². The zero-order valence-corrected chi connectivity index (χ0v) is 19.5. The molecule has 7 nitrogen and oxygen atoms in total. The molecule has 0 saturated heterocycles. The van der Waals surface area contributed by atoms with Gasteiger partial charge in [-0.3, -0.25) is 9.52 Å². The third-order valence-electron chi connectivity index (χ3n) is 3.72. The molecule has 1 aromatic heterocycles. The minimum atomic E-state index is -4.08. The molecule has 0 spiro atoms. The third kappa shape index (κ3) is 6.07. The molecule has 1 amide bonds. The number of thiazole rings is 1. The van der Waals surface area contributed by atoms with E-state index in [9.17, 15) is 26.4 Å². The molecule has 3 N–H and O–H groups in total. The van der Waals surface area contributed by atoms with Gasteiger partial charge in [0.1, 0.15) is 17.3 Å². The maximum absolute atomic E-state index is 14.4. The van der Waals surface area contributed by atoms with E-state index in [1.54, 1.807) is 6.07 Å². The second-order valence-corrected chi connectivity index (χ2v) is 10.3. The normalized spacial score (nSPS) is 11.3. The molecular weight excluding hydrogens is 568 g/mol. The van der Waals surface area contributed by atoms with Gasteiger partial charge >= 0.3 is 0 Å². The highest BCUT2D eigenvalue weighted by atomic mass is 127. The lowest BCUT2D eigenvalue weighted by Gasteiger charge is -2.16. The minimum absolute atomic E-state index is 0.159. The van der Waals surface area contributed by atoms with Gasteiger partial charge in [-0.15, -0.1) is 11.3 Å². The molecule has 3 aromatic rings. The second-order valence-electron chi connectivity index (χ2n) is 6.21. The van der Waals surface area contributed by atoms with Crippen LogP contribution in [0.25, 0.3) is 0 Å². The Morgan fingerprint density at radius 2 is 1.84 bits per heavy atom. The van der Waals surface area contributed by atoms with Crippen molar-refractivity contribution in [1.29, 1.82) is 0 Å². The van der Waals surface area contributed by atoms with E-state index in [2.05, 4.69) is 20.3 Å². The molecule has 0 radical (unpaired) electrons. The van der Waals surface area contributed by atoms with Gasteiger partial charge in [-0.25, -0.2) is 26.6 Å². The molecule has 31 heavy (non-hydrogen) atoms. The summed E-state index contributed by atoms with van der Waals surface area (Å²) in [5.74, 6) is -4.22. The molecule has 0 aliphatic rings. The fourth-order valence-electron chi connectivity index (χ4n) is 2.46. The maximum Gasteiger partial charge on any atom is 0.237 e. The molecule has 3 rings (SSSR count). The SMILES string of the molecule is CC(=O)Nc1ncc(CS(=O)(=O)Nc2ccc(F)c(F)c2Nc2ccc(I)cc2F)s1. The Kier molecular flexibility index (Phi) is 7.06. The first-order valence-electron chi connectivity index (χ1n) is 8.47. The molecule has 0 unspecified atom stereocenters. The van der Waals surface area contributed by atoms with Gasteiger partial charge < -0.3 is 10.6 Å². The van der Waals surface area contributed by atoms with Gasteiger partial charge in [-0.2, -0.15) is 0 Å². The van der Waals surface area contributed by atoms with Crippen LogP contribution in [-0.4, -0.2) is 19.3 Å². The summed E-state index contributed by atoms with van der Waals surface area (Å²) >= 11 is 2.84. The lowest BCUT2D eigenvalue weighted by atomic mass is 10.2. The summed E-state index contributed by atoms with van der Waals surface area (Å²) in [7, 11) is -4.08. The molecule has 0 aliphatic carbocycles. The molecule has 0 saturated carbocycles. The molecule has 0 aliphatic heterocycles. The molecule has 1 heterocycles. The highest BCUT2D eigenvalue weighted by Crippen LogP contribution is 2.33. The number of benzene rings is 2. The number of halogens is 4. The zero-order chi connectivity index (χ0) is 22.8. The van der Waals surface area contributed by atoms with Crippen LogP contribution in [0.2, 0.25) is 0 Å². The van der Waals surface area contributed by atoms with Crippen molar-refractivity contribution in [2.75, 3.05) is 15.4 Å². The van der Waals surface area contributed by atoms with E-state index in [0.717, 1.165) is 23.5 Å². The van der Waals surface area contributed by atoms with Crippen LogP contribution in [0.4, 0.5) is 35.4 Å². The van der Waals surface area contributed by atoms with Crippen LogP contribution in [0, 0.1) is 21.0 Å². The van der Waals surface area contributed by atoms with E-state index in [1.807, 2.05) is 22.6 Å². The summed E-state index contributed by atoms with van der Waals surface area (Å²) in [6.45, 7) is 1.29. The van der Waals surface area contributed by atoms with E-state index in [4.69, 9.17) is 0 Å². The Balaban J connectivity index is 1.87. The quantitative estimate of drug-likeness (QED) is 0.348. The number of amides is 1. The fraction of sp³-hybridized carbons (Fsp3) is 0.111. The Morgan fingerprint density at radius 3 is 2.52 bits per heavy atom. The third-order valence-corrected chi connectivity index (χ3v) is 6.71. The van der Waals surface area contributed by atoms with Crippen molar-refractivity contribution in [1.82, 2.24) is 4.98 Å². The molecule has 0 fully saturated rings. The van der Waals surface area contributed by atoms with Crippen molar-refractivity contribution in [3.05, 3.63) is 62.4 Å². The average molecular weight is 582 g/mol. The van der Waals surface area contributed by atoms with E-state index >= 15 is 0 Å². The summed E-state index contributed by atoms with van der Waals surface area (Å²) in [5.41, 5.74) is -1.02. The first-order valence-corrected chi connectivity index (χ1v) is 12.0. The largest absolute Gasteiger partial charge is 0.349 e. The molecule has 13 heteroatoms. The lowest BCUT2D eigenvalue weighted by molar-refractivity contribution is -0.114. The Hall–Kier alpha value is -2.39. The highest BCUT2D eigenvalue weighted by Gasteiger charge is 2.21. The maximum atomic E-state index is 14.4. The van der Waals surface area contributed by atoms with E-state index < -0.39 is 38.9 Å². The van der Waals surface area contributed by atoms with Crippen LogP contribution >= 0.6 is 33.9 Å². The Labute approximate surface area is 193 Å². The summed E-state index contributed by atoms with van der Waals surface area (Å²) in [6, 6.07) is 5.83. The fourth-order valence-corrected chi connectivity index (χ4v) is 5.29. The summed E-state index contributed by atoms with van der Waals surface area (Å²) in [5, 5.41) is 5.07. The molecule has 164 valence electrons. The van der Waals surface area contributed by atoms with Gasteiger partial charge in [0, 0.05) is 21.6 Å². The smallest absolute Gasteiger partial charge is 0.237 e. The Bertz CT molecular complexity index is 1250. The number of rotatable bonds is 7. The van der Waals surface area contributed by atoms with Crippen LogP contribution in [0.1, 0.15) is 11.8 Å².